The van der Waals surface area contributed by atoms with Gasteiger partial charge in [0.2, 0.25) is 0 Å². The number of esters is 2. The van der Waals surface area contributed by atoms with E-state index in [-0.39, 0.29) is 25.2 Å². The summed E-state index contributed by atoms with van der Waals surface area (Å²) >= 11 is 6.07. The molecule has 4 rings (SSSR count). The number of nitrogens with one attached hydrogen (secondary N) is 1. The van der Waals surface area contributed by atoms with Crippen molar-refractivity contribution in [2.24, 2.45) is 11.8 Å². The Bertz CT molecular complexity index is 931. The summed E-state index contributed by atoms with van der Waals surface area (Å²) in [6, 6.07) is 14.2. The second kappa shape index (κ2) is 7.69. The molecule has 7 heteroatoms. The van der Waals surface area contributed by atoms with Crippen LogP contribution in [-0.4, -0.2) is 32.3 Å². The van der Waals surface area contributed by atoms with E-state index in [2.05, 4.69) is 5.32 Å². The Balaban J connectivity index is 1.91. The second-order valence-corrected chi connectivity index (χ2v) is 7.61. The summed E-state index contributed by atoms with van der Waals surface area (Å²) in [5, 5.41) is 3.97. The largest absolute Gasteiger partial charge is 0.493 e. The lowest BCUT2D eigenvalue weighted by atomic mass is 9.74. The van der Waals surface area contributed by atoms with Crippen molar-refractivity contribution < 1.29 is 23.8 Å². The molecule has 0 radical (unpaired) electrons. The number of methoxy groups -OCH3 is 1. The normalized spacial score (nSPS) is 27.3. The van der Waals surface area contributed by atoms with E-state index in [1.807, 2.05) is 24.3 Å². The topological polar surface area (TPSA) is 73.9 Å². The summed E-state index contributed by atoms with van der Waals surface area (Å²) in [5.74, 6) is -1.41. The fourth-order valence-corrected chi connectivity index (χ4v) is 4.66. The van der Waals surface area contributed by atoms with Crippen LogP contribution in [0.3, 0.4) is 0 Å². The summed E-state index contributed by atoms with van der Waals surface area (Å²) in [4.78, 5) is 26.4. The van der Waals surface area contributed by atoms with Crippen molar-refractivity contribution in [1.82, 2.24) is 5.32 Å². The number of para-hydroxylation sites is 1. The van der Waals surface area contributed by atoms with Crippen LogP contribution in [-0.2, 0) is 24.6 Å². The van der Waals surface area contributed by atoms with Gasteiger partial charge in [0.15, 0.2) is 5.54 Å². The van der Waals surface area contributed by atoms with Gasteiger partial charge in [0.05, 0.1) is 26.2 Å². The van der Waals surface area contributed by atoms with Crippen molar-refractivity contribution in [3.05, 3.63) is 64.7 Å². The van der Waals surface area contributed by atoms with Crippen molar-refractivity contribution >= 4 is 23.5 Å². The smallest absolute Gasteiger partial charge is 0.331 e. The summed E-state index contributed by atoms with van der Waals surface area (Å²) in [5.41, 5.74) is 0.0818. The Hall–Kier alpha value is -2.57. The predicted molar refractivity (Wildman–Crippen MR) is 107 cm³/mol. The number of ether oxygens (including phenoxy) is 3. The van der Waals surface area contributed by atoms with Gasteiger partial charge in [-0.05, 0) is 30.7 Å². The molecule has 2 aromatic carbocycles. The molecule has 1 saturated heterocycles. The fraction of sp³-hybridized carbons (Fsp3) is 0.364. The molecule has 2 aromatic rings. The lowest BCUT2D eigenvalue weighted by molar-refractivity contribution is -0.162. The number of carbonyl (C=O) groups excluding carboxylic acids is 2. The SMILES string of the molecule is CCOC(=O)[C@H]1[C@@H]2COc3ccccc3[C@H]2N[C@]1(C(=O)OC)c1ccc(Cl)cc1. The molecular weight excluding hydrogens is 394 g/mol. The number of benzene rings is 2. The highest BCUT2D eigenvalue weighted by Crippen LogP contribution is 2.53. The minimum Gasteiger partial charge on any atom is -0.493 e. The number of rotatable bonds is 4. The van der Waals surface area contributed by atoms with Gasteiger partial charge in [0, 0.05) is 22.5 Å². The molecule has 29 heavy (non-hydrogen) atoms. The van der Waals surface area contributed by atoms with E-state index in [1.54, 1.807) is 31.2 Å². The molecule has 0 unspecified atom stereocenters. The zero-order chi connectivity index (χ0) is 20.6. The third-order valence-electron chi connectivity index (χ3n) is 5.74. The average Bonchev–Trinajstić information content (AvgIpc) is 3.10. The van der Waals surface area contributed by atoms with E-state index in [0.29, 0.717) is 10.6 Å². The molecule has 6 nitrogen and oxygen atoms in total. The zero-order valence-electron chi connectivity index (χ0n) is 16.2. The second-order valence-electron chi connectivity index (χ2n) is 7.17. The third-order valence-corrected chi connectivity index (χ3v) is 5.99. The van der Waals surface area contributed by atoms with Gasteiger partial charge in [-0.3, -0.25) is 10.1 Å². The van der Waals surface area contributed by atoms with E-state index in [0.717, 1.165) is 11.3 Å². The monoisotopic (exact) mass is 415 g/mol. The van der Waals surface area contributed by atoms with Crippen LogP contribution in [0.25, 0.3) is 0 Å². The number of fused-ring (bicyclic) bond motifs is 3. The van der Waals surface area contributed by atoms with Crippen LogP contribution in [0.1, 0.15) is 24.1 Å². The van der Waals surface area contributed by atoms with E-state index >= 15 is 0 Å². The first-order valence-electron chi connectivity index (χ1n) is 9.53. The Morgan fingerprint density at radius 1 is 1.21 bits per heavy atom. The maximum atomic E-state index is 13.2. The Morgan fingerprint density at radius 3 is 2.62 bits per heavy atom. The molecule has 0 saturated carbocycles. The summed E-state index contributed by atoms with van der Waals surface area (Å²) in [7, 11) is 1.32. The Kier molecular flexibility index (Phi) is 5.23. The predicted octanol–water partition coefficient (Wildman–Crippen LogP) is 3.24. The highest BCUT2D eigenvalue weighted by atomic mass is 35.5. The molecule has 152 valence electrons. The van der Waals surface area contributed by atoms with Crippen molar-refractivity contribution in [3.63, 3.8) is 0 Å². The standard InChI is InChI=1S/C22H22ClNO5/c1-3-28-20(25)18-16-12-29-17-7-5-4-6-15(17)19(16)24-22(18,21(26)27-2)13-8-10-14(23)11-9-13/h4-11,16,18-19,24H,3,12H2,1-2H3/t16-,18+,19+,22+/m0/s1. The lowest BCUT2D eigenvalue weighted by Gasteiger charge is -2.33. The van der Waals surface area contributed by atoms with Crippen LogP contribution < -0.4 is 10.1 Å². The van der Waals surface area contributed by atoms with Crippen molar-refractivity contribution in [2.75, 3.05) is 20.3 Å². The highest BCUT2D eigenvalue weighted by Gasteiger charge is 2.64. The van der Waals surface area contributed by atoms with E-state index in [4.69, 9.17) is 25.8 Å². The van der Waals surface area contributed by atoms with E-state index in [9.17, 15) is 9.59 Å². The van der Waals surface area contributed by atoms with E-state index < -0.39 is 23.4 Å². The van der Waals surface area contributed by atoms with Gasteiger partial charge >= 0.3 is 11.9 Å². The minimum atomic E-state index is -1.41. The zero-order valence-corrected chi connectivity index (χ0v) is 16.9. The molecule has 0 aromatic heterocycles. The third kappa shape index (κ3) is 3.07. The van der Waals surface area contributed by atoms with Gasteiger partial charge in [-0.1, -0.05) is 41.9 Å². The lowest BCUT2D eigenvalue weighted by Crippen LogP contribution is -2.53. The maximum Gasteiger partial charge on any atom is 0.331 e. The fourth-order valence-electron chi connectivity index (χ4n) is 4.54. The van der Waals surface area contributed by atoms with Crippen molar-refractivity contribution in [1.29, 1.82) is 0 Å². The number of hydrogen-bond acceptors (Lipinski definition) is 6. The molecule has 2 heterocycles. The molecule has 4 atom stereocenters. The first-order chi connectivity index (χ1) is 14.0. The summed E-state index contributed by atoms with van der Waals surface area (Å²) in [6.07, 6.45) is 0. The average molecular weight is 416 g/mol. The van der Waals surface area contributed by atoms with E-state index in [1.165, 1.54) is 7.11 Å². The first-order valence-corrected chi connectivity index (χ1v) is 9.91. The minimum absolute atomic E-state index is 0.210. The van der Waals surface area contributed by atoms with Crippen LogP contribution in [0.4, 0.5) is 0 Å². The van der Waals surface area contributed by atoms with Crippen molar-refractivity contribution in [2.45, 2.75) is 18.5 Å². The molecule has 0 bridgehead atoms. The number of halogens is 1. The van der Waals surface area contributed by atoms with Crippen LogP contribution >= 0.6 is 11.6 Å². The van der Waals surface area contributed by atoms with Crippen LogP contribution in [0.2, 0.25) is 5.02 Å². The summed E-state index contributed by atoms with van der Waals surface area (Å²) in [6.45, 7) is 2.24. The van der Waals surface area contributed by atoms with Crippen molar-refractivity contribution in [3.8, 4) is 5.75 Å². The number of hydrogen-bond donors (Lipinski definition) is 1. The molecule has 1 fully saturated rings. The van der Waals surface area contributed by atoms with Gasteiger partial charge in [-0.15, -0.1) is 0 Å². The summed E-state index contributed by atoms with van der Waals surface area (Å²) < 4.78 is 16.5. The molecule has 2 aliphatic rings. The Morgan fingerprint density at radius 2 is 1.93 bits per heavy atom. The highest BCUT2D eigenvalue weighted by molar-refractivity contribution is 6.30. The van der Waals surface area contributed by atoms with Gasteiger partial charge in [0.25, 0.3) is 0 Å². The van der Waals surface area contributed by atoms with Gasteiger partial charge < -0.3 is 14.2 Å². The molecular formula is C22H22ClNO5. The van der Waals surface area contributed by atoms with Gasteiger partial charge in [-0.25, -0.2) is 4.79 Å². The van der Waals surface area contributed by atoms with Crippen LogP contribution in [0, 0.1) is 11.8 Å². The molecule has 0 spiro atoms. The number of carbonyl (C=O) groups is 2. The molecule has 0 aliphatic carbocycles. The molecule has 1 N–H and O–H groups in total. The maximum absolute atomic E-state index is 13.2. The quantitative estimate of drug-likeness (QED) is 0.773. The van der Waals surface area contributed by atoms with Crippen LogP contribution in [0.5, 0.6) is 5.75 Å². The first kappa shape index (κ1) is 19.7. The van der Waals surface area contributed by atoms with Crippen LogP contribution in [0.15, 0.2) is 48.5 Å². The molecule has 2 aliphatic heterocycles. The Labute approximate surface area is 174 Å². The van der Waals surface area contributed by atoms with Gasteiger partial charge in [-0.2, -0.15) is 0 Å². The van der Waals surface area contributed by atoms with Gasteiger partial charge in [0.1, 0.15) is 5.75 Å². The molecule has 0 amide bonds.